The van der Waals surface area contributed by atoms with Crippen molar-refractivity contribution in [1.29, 1.82) is 0 Å². The zero-order valence-electron chi connectivity index (χ0n) is 7.10. The number of aryl methyl sites for hydroxylation is 1. The molecule has 2 nitrogen and oxygen atoms in total. The molecular formula is C10H8BrNO. The number of aldehydes is 1. The predicted molar refractivity (Wildman–Crippen MR) is 56.1 cm³/mol. The Balaban J connectivity index is 2.93. The highest BCUT2D eigenvalue weighted by atomic mass is 79.9. The molecule has 3 heteroatoms. The van der Waals surface area contributed by atoms with Gasteiger partial charge in [-0.25, -0.2) is 0 Å². The highest BCUT2D eigenvalue weighted by molar-refractivity contribution is 9.10. The maximum Gasteiger partial charge on any atom is 0.152 e. The smallest absolute Gasteiger partial charge is 0.152 e. The molecule has 0 saturated carbocycles. The van der Waals surface area contributed by atoms with Crippen LogP contribution in [0.2, 0.25) is 0 Å². The molecule has 0 fully saturated rings. The Hall–Kier alpha value is -1.09. The number of fused-ring (bicyclic) bond motifs is 1. The zero-order valence-corrected chi connectivity index (χ0v) is 8.68. The Bertz CT molecular complexity index is 473. The normalized spacial score (nSPS) is 10.6. The van der Waals surface area contributed by atoms with E-state index < -0.39 is 0 Å². The number of carbonyl (C=O) groups is 1. The van der Waals surface area contributed by atoms with Crippen molar-refractivity contribution in [2.24, 2.45) is 0 Å². The third-order valence-corrected chi connectivity index (χ3v) is 2.80. The maximum atomic E-state index is 10.8. The number of hydrogen-bond donors (Lipinski definition) is 1. The van der Waals surface area contributed by atoms with Crippen LogP contribution in [0.5, 0.6) is 0 Å². The maximum absolute atomic E-state index is 10.8. The average molecular weight is 238 g/mol. The molecule has 0 spiro atoms. The van der Waals surface area contributed by atoms with Crippen molar-refractivity contribution >= 4 is 33.1 Å². The van der Waals surface area contributed by atoms with E-state index in [4.69, 9.17) is 0 Å². The van der Waals surface area contributed by atoms with Crippen molar-refractivity contribution in [3.63, 3.8) is 0 Å². The van der Waals surface area contributed by atoms with Crippen molar-refractivity contribution in [1.82, 2.24) is 4.98 Å². The number of rotatable bonds is 1. The van der Waals surface area contributed by atoms with Crippen molar-refractivity contribution in [2.45, 2.75) is 6.92 Å². The Morgan fingerprint density at radius 1 is 1.46 bits per heavy atom. The molecule has 0 atom stereocenters. The lowest BCUT2D eigenvalue weighted by atomic mass is 10.1. The van der Waals surface area contributed by atoms with Gasteiger partial charge in [-0.05, 0) is 28.9 Å². The molecule has 2 aromatic rings. The van der Waals surface area contributed by atoms with Crippen molar-refractivity contribution in [2.75, 3.05) is 0 Å². The first-order valence-corrected chi connectivity index (χ1v) is 4.75. The third-order valence-electron chi connectivity index (χ3n) is 2.14. The van der Waals surface area contributed by atoms with Crippen molar-refractivity contribution < 1.29 is 4.79 Å². The fourth-order valence-corrected chi connectivity index (χ4v) is 1.95. The molecule has 0 bridgehead atoms. The molecular weight excluding hydrogens is 230 g/mol. The minimum Gasteiger partial charge on any atom is -0.357 e. The monoisotopic (exact) mass is 237 g/mol. The summed E-state index contributed by atoms with van der Waals surface area (Å²) in [6.45, 7) is 1.90. The highest BCUT2D eigenvalue weighted by Crippen LogP contribution is 2.26. The molecule has 0 saturated heterocycles. The first kappa shape index (κ1) is 8.51. The van der Waals surface area contributed by atoms with Crippen LogP contribution >= 0.6 is 15.9 Å². The Morgan fingerprint density at radius 3 is 2.92 bits per heavy atom. The van der Waals surface area contributed by atoms with Crippen LogP contribution < -0.4 is 0 Å². The lowest BCUT2D eigenvalue weighted by Gasteiger charge is -1.92. The average Bonchev–Trinajstić information content (AvgIpc) is 2.43. The number of H-pyrrole nitrogens is 1. The molecule has 0 aliphatic carbocycles. The van der Waals surface area contributed by atoms with E-state index in [1.54, 1.807) is 0 Å². The van der Waals surface area contributed by atoms with Crippen LogP contribution in [0, 0.1) is 6.92 Å². The number of benzene rings is 1. The van der Waals surface area contributed by atoms with Crippen molar-refractivity contribution in [3.8, 4) is 0 Å². The number of aromatic nitrogens is 1. The summed E-state index contributed by atoms with van der Waals surface area (Å²) in [5.41, 5.74) is 2.65. The van der Waals surface area contributed by atoms with Crippen LogP contribution in [0.25, 0.3) is 10.9 Å². The molecule has 0 radical (unpaired) electrons. The van der Waals surface area contributed by atoms with Gasteiger partial charge in [-0.15, -0.1) is 0 Å². The van der Waals surface area contributed by atoms with E-state index in [0.29, 0.717) is 0 Å². The number of aromatic amines is 1. The first-order valence-electron chi connectivity index (χ1n) is 3.96. The number of hydrogen-bond acceptors (Lipinski definition) is 1. The molecule has 1 aromatic heterocycles. The summed E-state index contributed by atoms with van der Waals surface area (Å²) in [7, 11) is 0. The first-order chi connectivity index (χ1) is 6.24. The van der Waals surface area contributed by atoms with Crippen molar-refractivity contribution in [3.05, 3.63) is 33.9 Å². The van der Waals surface area contributed by atoms with Gasteiger partial charge in [0.1, 0.15) is 0 Å². The second kappa shape index (κ2) is 3.00. The molecule has 66 valence electrons. The molecule has 1 N–H and O–H groups in total. The number of para-hydroxylation sites is 1. The quantitative estimate of drug-likeness (QED) is 0.761. The molecule has 0 aliphatic rings. The van der Waals surface area contributed by atoms with E-state index >= 15 is 0 Å². The van der Waals surface area contributed by atoms with Crippen LogP contribution in [0.15, 0.2) is 22.7 Å². The van der Waals surface area contributed by atoms with Gasteiger partial charge in [0.15, 0.2) is 6.29 Å². The van der Waals surface area contributed by atoms with Crippen LogP contribution in [-0.4, -0.2) is 11.3 Å². The van der Waals surface area contributed by atoms with E-state index in [2.05, 4.69) is 20.9 Å². The fourth-order valence-electron chi connectivity index (χ4n) is 1.48. The van der Waals surface area contributed by atoms with Gasteiger partial charge in [0.2, 0.25) is 0 Å². The third kappa shape index (κ3) is 1.20. The van der Waals surface area contributed by atoms with E-state index in [1.807, 2.05) is 25.1 Å². The van der Waals surface area contributed by atoms with Gasteiger partial charge in [0.25, 0.3) is 0 Å². The minimum absolute atomic E-state index is 0.747. The van der Waals surface area contributed by atoms with E-state index in [9.17, 15) is 4.79 Å². The van der Waals surface area contributed by atoms with E-state index in [1.165, 1.54) is 0 Å². The summed E-state index contributed by atoms with van der Waals surface area (Å²) in [4.78, 5) is 13.9. The van der Waals surface area contributed by atoms with Crippen LogP contribution in [0.3, 0.4) is 0 Å². The largest absolute Gasteiger partial charge is 0.357 e. The van der Waals surface area contributed by atoms with Gasteiger partial charge in [0, 0.05) is 21.1 Å². The van der Waals surface area contributed by atoms with E-state index in [-0.39, 0.29) is 0 Å². The van der Waals surface area contributed by atoms with Gasteiger partial charge in [-0.3, -0.25) is 4.79 Å². The summed E-state index contributed by atoms with van der Waals surface area (Å²) < 4.78 is 0.987. The highest BCUT2D eigenvalue weighted by Gasteiger charge is 2.08. The topological polar surface area (TPSA) is 32.9 Å². The van der Waals surface area contributed by atoms with Gasteiger partial charge in [-0.1, -0.05) is 12.1 Å². The standard InChI is InChI=1S/C10H8BrNO/c1-6-8(5-13)7-3-2-4-9(11)10(7)12-6/h2-5,12H,1H3. The molecule has 1 heterocycles. The van der Waals surface area contributed by atoms with Gasteiger partial charge >= 0.3 is 0 Å². The number of nitrogens with one attached hydrogen (secondary N) is 1. The Morgan fingerprint density at radius 2 is 2.23 bits per heavy atom. The molecule has 1 aromatic carbocycles. The van der Waals surface area contributed by atoms with Gasteiger partial charge in [-0.2, -0.15) is 0 Å². The van der Waals surface area contributed by atoms with Crippen LogP contribution in [-0.2, 0) is 0 Å². The summed E-state index contributed by atoms with van der Waals surface area (Å²) >= 11 is 3.43. The second-order valence-electron chi connectivity index (χ2n) is 2.94. The molecule has 13 heavy (non-hydrogen) atoms. The number of carbonyl (C=O) groups excluding carboxylic acids is 1. The fraction of sp³-hybridized carbons (Fsp3) is 0.100. The summed E-state index contributed by atoms with van der Waals surface area (Å²) in [5.74, 6) is 0. The lowest BCUT2D eigenvalue weighted by molar-refractivity contribution is 0.112. The van der Waals surface area contributed by atoms with Gasteiger partial charge < -0.3 is 4.98 Å². The second-order valence-corrected chi connectivity index (χ2v) is 3.80. The lowest BCUT2D eigenvalue weighted by Crippen LogP contribution is -1.79. The van der Waals surface area contributed by atoms with Gasteiger partial charge in [0.05, 0.1) is 5.52 Å². The SMILES string of the molecule is Cc1[nH]c2c(Br)cccc2c1C=O. The summed E-state index contributed by atoms with van der Waals surface area (Å²) in [6.07, 6.45) is 0.889. The molecule has 2 rings (SSSR count). The zero-order chi connectivity index (χ0) is 9.42. The minimum atomic E-state index is 0.747. The summed E-state index contributed by atoms with van der Waals surface area (Å²) in [6, 6.07) is 5.81. The molecule has 0 unspecified atom stereocenters. The Kier molecular flexibility index (Phi) is 1.96. The predicted octanol–water partition coefficient (Wildman–Crippen LogP) is 3.05. The number of halogens is 1. The van der Waals surface area contributed by atoms with E-state index in [0.717, 1.165) is 32.9 Å². The molecule has 0 aliphatic heterocycles. The molecule has 0 amide bonds. The van der Waals surface area contributed by atoms with Crippen LogP contribution in [0.4, 0.5) is 0 Å². The van der Waals surface area contributed by atoms with Crippen LogP contribution in [0.1, 0.15) is 16.1 Å². The Labute approximate surface area is 84.1 Å². The summed E-state index contributed by atoms with van der Waals surface area (Å²) in [5, 5.41) is 0.974.